The maximum Gasteiger partial charge on any atom is 0.339 e. The molecule has 0 aliphatic heterocycles. The Hall–Kier alpha value is -2.33. The minimum atomic E-state index is -0.532. The van der Waals surface area contributed by atoms with Gasteiger partial charge >= 0.3 is 5.97 Å². The third-order valence-corrected chi connectivity index (χ3v) is 4.47. The Bertz CT molecular complexity index is 754. The van der Waals surface area contributed by atoms with E-state index in [2.05, 4.69) is 10.1 Å². The molecule has 1 fully saturated rings. The zero-order chi connectivity index (χ0) is 16.4. The van der Waals surface area contributed by atoms with Crippen LogP contribution >= 0.6 is 11.6 Å². The Balaban J connectivity index is 1.83. The van der Waals surface area contributed by atoms with Crippen molar-refractivity contribution in [1.29, 1.82) is 0 Å². The van der Waals surface area contributed by atoms with Crippen LogP contribution in [0.15, 0.2) is 48.5 Å². The summed E-state index contributed by atoms with van der Waals surface area (Å²) >= 11 is 5.99. The number of amides is 1. The summed E-state index contributed by atoms with van der Waals surface area (Å²) < 4.78 is 4.69. The fourth-order valence-electron chi connectivity index (χ4n) is 2.65. The second-order valence-corrected chi connectivity index (χ2v) is 6.00. The lowest BCUT2D eigenvalue weighted by Gasteiger charge is -2.16. The Labute approximate surface area is 139 Å². The predicted molar refractivity (Wildman–Crippen MR) is 88.8 cm³/mol. The van der Waals surface area contributed by atoms with E-state index in [1.807, 2.05) is 30.3 Å². The fourth-order valence-corrected chi connectivity index (χ4v) is 2.84. The molecular formula is C18H16ClNO3. The van der Waals surface area contributed by atoms with E-state index in [0.29, 0.717) is 10.7 Å². The molecule has 0 bridgehead atoms. The zero-order valence-electron chi connectivity index (χ0n) is 12.6. The van der Waals surface area contributed by atoms with Crippen molar-refractivity contribution in [3.05, 3.63) is 64.7 Å². The van der Waals surface area contributed by atoms with Gasteiger partial charge in [0.2, 0.25) is 5.91 Å². The maximum atomic E-state index is 12.7. The van der Waals surface area contributed by atoms with Crippen LogP contribution in [0.4, 0.5) is 5.69 Å². The summed E-state index contributed by atoms with van der Waals surface area (Å²) in [4.78, 5) is 24.4. The van der Waals surface area contributed by atoms with Gasteiger partial charge in [-0.15, -0.1) is 0 Å². The third kappa shape index (κ3) is 2.94. The van der Waals surface area contributed by atoms with E-state index in [0.717, 1.165) is 18.4 Å². The van der Waals surface area contributed by atoms with Gasteiger partial charge in [0.25, 0.3) is 0 Å². The quantitative estimate of drug-likeness (QED) is 0.868. The van der Waals surface area contributed by atoms with Gasteiger partial charge in [-0.25, -0.2) is 4.79 Å². The molecule has 3 rings (SSSR count). The normalized spacial score (nSPS) is 14.9. The number of benzene rings is 2. The lowest BCUT2D eigenvalue weighted by molar-refractivity contribution is -0.118. The second kappa shape index (κ2) is 6.05. The average molecular weight is 330 g/mol. The lowest BCUT2D eigenvalue weighted by atomic mass is 9.95. The molecule has 0 spiro atoms. The molecule has 0 radical (unpaired) electrons. The number of carbonyl (C=O) groups excluding carboxylic acids is 2. The molecule has 1 saturated carbocycles. The van der Waals surface area contributed by atoms with Gasteiger partial charge in [0, 0.05) is 5.69 Å². The van der Waals surface area contributed by atoms with Crippen LogP contribution in [-0.2, 0) is 14.9 Å². The number of ether oxygens (including phenoxy) is 1. The van der Waals surface area contributed by atoms with Crippen molar-refractivity contribution in [1.82, 2.24) is 0 Å². The van der Waals surface area contributed by atoms with Gasteiger partial charge in [-0.05, 0) is 36.6 Å². The number of carbonyl (C=O) groups is 2. The van der Waals surface area contributed by atoms with Crippen LogP contribution in [0, 0.1) is 0 Å². The molecule has 0 aromatic heterocycles. The van der Waals surface area contributed by atoms with Gasteiger partial charge in [-0.1, -0.05) is 41.9 Å². The van der Waals surface area contributed by atoms with Crippen LogP contribution in [0.3, 0.4) is 0 Å². The molecule has 1 amide bonds. The van der Waals surface area contributed by atoms with Gasteiger partial charge in [-0.2, -0.15) is 0 Å². The molecular weight excluding hydrogens is 314 g/mol. The van der Waals surface area contributed by atoms with Crippen molar-refractivity contribution in [2.75, 3.05) is 12.4 Å². The second-order valence-electron chi connectivity index (χ2n) is 5.59. The SMILES string of the molecule is COC(=O)c1cc(NC(=O)C2(c3ccccc3)CC2)ccc1Cl. The van der Waals surface area contributed by atoms with E-state index < -0.39 is 11.4 Å². The van der Waals surface area contributed by atoms with Gasteiger partial charge in [-0.3, -0.25) is 4.79 Å². The number of methoxy groups -OCH3 is 1. The van der Waals surface area contributed by atoms with Gasteiger partial charge in [0.05, 0.1) is 23.1 Å². The number of hydrogen-bond acceptors (Lipinski definition) is 3. The van der Waals surface area contributed by atoms with Crippen LogP contribution in [0.2, 0.25) is 5.02 Å². The Morgan fingerprint density at radius 2 is 1.83 bits per heavy atom. The molecule has 2 aromatic rings. The summed E-state index contributed by atoms with van der Waals surface area (Å²) in [6, 6.07) is 14.5. The number of hydrogen-bond donors (Lipinski definition) is 1. The summed E-state index contributed by atoms with van der Waals surface area (Å²) in [6.45, 7) is 0. The minimum Gasteiger partial charge on any atom is -0.465 e. The molecule has 1 N–H and O–H groups in total. The predicted octanol–water partition coefficient (Wildman–Crippen LogP) is 3.80. The lowest BCUT2D eigenvalue weighted by Crippen LogP contribution is -2.27. The molecule has 2 aromatic carbocycles. The van der Waals surface area contributed by atoms with Crippen LogP contribution in [0.1, 0.15) is 28.8 Å². The molecule has 0 heterocycles. The van der Waals surface area contributed by atoms with Crippen LogP contribution < -0.4 is 5.32 Å². The van der Waals surface area contributed by atoms with Gasteiger partial charge in [0.15, 0.2) is 0 Å². The van der Waals surface area contributed by atoms with Crippen LogP contribution in [0.5, 0.6) is 0 Å². The Morgan fingerprint density at radius 3 is 2.43 bits per heavy atom. The highest BCUT2D eigenvalue weighted by atomic mass is 35.5. The summed E-state index contributed by atoms with van der Waals surface area (Å²) in [6.07, 6.45) is 1.64. The molecule has 118 valence electrons. The molecule has 0 unspecified atom stereocenters. The van der Waals surface area contributed by atoms with E-state index in [-0.39, 0.29) is 11.5 Å². The number of nitrogens with one attached hydrogen (secondary N) is 1. The summed E-state index contributed by atoms with van der Waals surface area (Å²) in [5.41, 5.74) is 1.31. The number of rotatable bonds is 4. The monoisotopic (exact) mass is 329 g/mol. The minimum absolute atomic E-state index is 0.0677. The van der Waals surface area contributed by atoms with Crippen molar-refractivity contribution >= 4 is 29.2 Å². The Morgan fingerprint density at radius 1 is 1.13 bits per heavy atom. The molecule has 4 nitrogen and oxygen atoms in total. The van der Waals surface area contributed by atoms with Gasteiger partial charge in [0.1, 0.15) is 0 Å². The fraction of sp³-hybridized carbons (Fsp3) is 0.222. The molecule has 23 heavy (non-hydrogen) atoms. The van der Waals surface area contributed by atoms with Crippen molar-refractivity contribution in [2.45, 2.75) is 18.3 Å². The van der Waals surface area contributed by atoms with E-state index in [1.165, 1.54) is 13.2 Å². The van der Waals surface area contributed by atoms with Gasteiger partial charge < -0.3 is 10.1 Å². The molecule has 0 atom stereocenters. The topological polar surface area (TPSA) is 55.4 Å². The first-order valence-corrected chi connectivity index (χ1v) is 7.69. The number of esters is 1. The van der Waals surface area contributed by atoms with E-state index in [1.54, 1.807) is 12.1 Å². The first-order valence-electron chi connectivity index (χ1n) is 7.32. The zero-order valence-corrected chi connectivity index (χ0v) is 13.4. The third-order valence-electron chi connectivity index (χ3n) is 4.14. The molecule has 0 saturated heterocycles. The smallest absolute Gasteiger partial charge is 0.339 e. The molecule has 1 aliphatic carbocycles. The van der Waals surface area contributed by atoms with E-state index in [9.17, 15) is 9.59 Å². The summed E-state index contributed by atoms with van der Waals surface area (Å²) in [5.74, 6) is -0.600. The largest absolute Gasteiger partial charge is 0.465 e. The van der Waals surface area contributed by atoms with Crippen molar-refractivity contribution in [3.8, 4) is 0 Å². The van der Waals surface area contributed by atoms with Crippen LogP contribution in [-0.4, -0.2) is 19.0 Å². The highest BCUT2D eigenvalue weighted by molar-refractivity contribution is 6.33. The highest BCUT2D eigenvalue weighted by Gasteiger charge is 2.51. The highest BCUT2D eigenvalue weighted by Crippen LogP contribution is 2.48. The molecule has 1 aliphatic rings. The summed E-state index contributed by atoms with van der Waals surface area (Å²) in [5, 5.41) is 3.18. The first kappa shape index (κ1) is 15.6. The van der Waals surface area contributed by atoms with E-state index in [4.69, 9.17) is 11.6 Å². The Kier molecular flexibility index (Phi) is 4.09. The standard InChI is InChI=1S/C18H16ClNO3/c1-23-16(21)14-11-13(7-8-15(14)19)20-17(22)18(9-10-18)12-5-3-2-4-6-12/h2-8,11H,9-10H2,1H3,(H,20,22). The maximum absolute atomic E-state index is 12.7. The first-order chi connectivity index (χ1) is 11.1. The summed E-state index contributed by atoms with van der Waals surface area (Å²) in [7, 11) is 1.29. The number of anilines is 1. The van der Waals surface area contributed by atoms with Crippen molar-refractivity contribution in [3.63, 3.8) is 0 Å². The van der Waals surface area contributed by atoms with Crippen molar-refractivity contribution < 1.29 is 14.3 Å². The van der Waals surface area contributed by atoms with Crippen molar-refractivity contribution in [2.24, 2.45) is 0 Å². The van der Waals surface area contributed by atoms with Crippen LogP contribution in [0.25, 0.3) is 0 Å². The average Bonchev–Trinajstić information content (AvgIpc) is 3.38. The molecule has 5 heteroatoms. The number of halogens is 1. The van der Waals surface area contributed by atoms with E-state index >= 15 is 0 Å².